The van der Waals surface area contributed by atoms with Gasteiger partial charge in [-0.25, -0.2) is 0 Å². The van der Waals surface area contributed by atoms with E-state index < -0.39 is 0 Å². The highest BCUT2D eigenvalue weighted by atomic mass is 16.5. The van der Waals surface area contributed by atoms with Crippen molar-refractivity contribution < 1.29 is 4.74 Å². The Balaban J connectivity index is 2.39. The van der Waals surface area contributed by atoms with Gasteiger partial charge in [0.05, 0.1) is 6.61 Å². The summed E-state index contributed by atoms with van der Waals surface area (Å²) in [6.07, 6.45) is 1.08. The van der Waals surface area contributed by atoms with Gasteiger partial charge in [-0.2, -0.15) is 0 Å². The van der Waals surface area contributed by atoms with Crippen LogP contribution in [0.5, 0.6) is 5.75 Å². The van der Waals surface area contributed by atoms with E-state index in [0.29, 0.717) is 5.92 Å². The summed E-state index contributed by atoms with van der Waals surface area (Å²) >= 11 is 0. The Morgan fingerprint density at radius 3 is 2.92 bits per heavy atom. The largest absolute Gasteiger partial charge is 0.493 e. The standard InChI is InChI=1S/C11H14O/c1-8(2)9-3-4-11-10(7-9)5-6-12-11/h3-4,7-8H,5-6H2,1-2H3. The Kier molecular flexibility index (Phi) is 1.80. The molecule has 0 aromatic heterocycles. The summed E-state index contributed by atoms with van der Waals surface area (Å²) in [4.78, 5) is 0. The third-order valence-corrected chi connectivity index (χ3v) is 2.38. The van der Waals surface area contributed by atoms with Crippen molar-refractivity contribution >= 4 is 0 Å². The molecule has 0 amide bonds. The van der Waals surface area contributed by atoms with Gasteiger partial charge in [0.25, 0.3) is 0 Å². The SMILES string of the molecule is CC(C)c1ccc2c(c1)CCO2. The van der Waals surface area contributed by atoms with Crippen LogP contribution in [0.2, 0.25) is 0 Å². The minimum Gasteiger partial charge on any atom is -0.493 e. The molecule has 0 fully saturated rings. The summed E-state index contributed by atoms with van der Waals surface area (Å²) in [6.45, 7) is 5.30. The summed E-state index contributed by atoms with van der Waals surface area (Å²) in [5.41, 5.74) is 2.79. The molecule has 0 unspecified atom stereocenters. The third-order valence-electron chi connectivity index (χ3n) is 2.38. The van der Waals surface area contributed by atoms with E-state index in [1.807, 2.05) is 0 Å². The highest BCUT2D eigenvalue weighted by Crippen LogP contribution is 2.28. The van der Waals surface area contributed by atoms with Gasteiger partial charge in [0.15, 0.2) is 0 Å². The van der Waals surface area contributed by atoms with Gasteiger partial charge in [-0.1, -0.05) is 26.0 Å². The van der Waals surface area contributed by atoms with Crippen LogP contribution in [0.25, 0.3) is 0 Å². The summed E-state index contributed by atoms with van der Waals surface area (Å²) in [6, 6.07) is 6.53. The van der Waals surface area contributed by atoms with Gasteiger partial charge < -0.3 is 4.74 Å². The predicted molar refractivity (Wildman–Crippen MR) is 49.7 cm³/mol. The molecule has 0 bridgehead atoms. The molecular formula is C11H14O. The molecule has 2 rings (SSSR count). The first-order chi connectivity index (χ1) is 5.77. The molecule has 0 atom stereocenters. The number of fused-ring (bicyclic) bond motifs is 1. The van der Waals surface area contributed by atoms with Gasteiger partial charge in [0.2, 0.25) is 0 Å². The first kappa shape index (κ1) is 7.66. The van der Waals surface area contributed by atoms with Crippen molar-refractivity contribution in [2.45, 2.75) is 26.2 Å². The van der Waals surface area contributed by atoms with Crippen molar-refractivity contribution in [3.8, 4) is 5.75 Å². The number of rotatable bonds is 1. The Labute approximate surface area is 73.4 Å². The van der Waals surface area contributed by atoms with Crippen molar-refractivity contribution in [1.82, 2.24) is 0 Å². The summed E-state index contributed by atoms with van der Waals surface area (Å²) in [5.74, 6) is 1.70. The molecule has 1 aliphatic heterocycles. The maximum Gasteiger partial charge on any atom is 0.122 e. The lowest BCUT2D eigenvalue weighted by atomic mass is 10.00. The van der Waals surface area contributed by atoms with Crippen molar-refractivity contribution in [2.24, 2.45) is 0 Å². The highest BCUT2D eigenvalue weighted by molar-refractivity contribution is 5.40. The Hall–Kier alpha value is -0.980. The molecule has 0 spiro atoms. The van der Waals surface area contributed by atoms with Gasteiger partial charge in [-0.3, -0.25) is 0 Å². The lowest BCUT2D eigenvalue weighted by molar-refractivity contribution is 0.357. The molecule has 1 heterocycles. The molecule has 0 N–H and O–H groups in total. The molecule has 1 aliphatic rings. The van der Waals surface area contributed by atoms with Crippen LogP contribution in [0.4, 0.5) is 0 Å². The molecule has 12 heavy (non-hydrogen) atoms. The molecule has 1 nitrogen and oxygen atoms in total. The lowest BCUT2D eigenvalue weighted by Gasteiger charge is -2.06. The minimum absolute atomic E-state index is 0.621. The summed E-state index contributed by atoms with van der Waals surface area (Å²) in [5, 5.41) is 0. The molecular weight excluding hydrogens is 148 g/mol. The van der Waals surface area contributed by atoms with Gasteiger partial charge in [0, 0.05) is 6.42 Å². The quantitative estimate of drug-likeness (QED) is 0.617. The van der Waals surface area contributed by atoms with Crippen LogP contribution in [-0.2, 0) is 6.42 Å². The van der Waals surface area contributed by atoms with E-state index in [2.05, 4.69) is 32.0 Å². The summed E-state index contributed by atoms with van der Waals surface area (Å²) < 4.78 is 5.43. The van der Waals surface area contributed by atoms with Crippen molar-refractivity contribution in [2.75, 3.05) is 6.61 Å². The molecule has 1 aromatic rings. The molecule has 1 heteroatoms. The zero-order valence-electron chi connectivity index (χ0n) is 7.63. The van der Waals surface area contributed by atoms with Crippen LogP contribution < -0.4 is 4.74 Å². The van der Waals surface area contributed by atoms with Gasteiger partial charge in [-0.05, 0) is 23.1 Å². The van der Waals surface area contributed by atoms with E-state index in [-0.39, 0.29) is 0 Å². The van der Waals surface area contributed by atoms with Crippen molar-refractivity contribution in [3.05, 3.63) is 29.3 Å². The Bertz CT molecular complexity index is 289. The smallest absolute Gasteiger partial charge is 0.122 e. The Morgan fingerprint density at radius 1 is 1.33 bits per heavy atom. The van der Waals surface area contributed by atoms with Gasteiger partial charge in [0.1, 0.15) is 5.75 Å². The van der Waals surface area contributed by atoms with E-state index in [0.717, 1.165) is 18.8 Å². The second-order valence-electron chi connectivity index (χ2n) is 3.62. The molecule has 0 aliphatic carbocycles. The summed E-state index contributed by atoms with van der Waals surface area (Å²) in [7, 11) is 0. The van der Waals surface area contributed by atoms with Crippen molar-refractivity contribution in [1.29, 1.82) is 0 Å². The predicted octanol–water partition coefficient (Wildman–Crippen LogP) is 2.74. The van der Waals surface area contributed by atoms with Crippen LogP contribution in [0.1, 0.15) is 30.9 Å². The van der Waals surface area contributed by atoms with Crippen LogP contribution in [0.15, 0.2) is 18.2 Å². The number of benzene rings is 1. The highest BCUT2D eigenvalue weighted by Gasteiger charge is 2.12. The van der Waals surface area contributed by atoms with E-state index in [1.165, 1.54) is 11.1 Å². The van der Waals surface area contributed by atoms with E-state index >= 15 is 0 Å². The molecule has 0 radical (unpaired) electrons. The monoisotopic (exact) mass is 162 g/mol. The van der Waals surface area contributed by atoms with E-state index in [9.17, 15) is 0 Å². The Morgan fingerprint density at radius 2 is 2.17 bits per heavy atom. The fourth-order valence-corrected chi connectivity index (χ4v) is 1.57. The minimum atomic E-state index is 0.621. The fraction of sp³-hybridized carbons (Fsp3) is 0.455. The fourth-order valence-electron chi connectivity index (χ4n) is 1.57. The first-order valence-electron chi connectivity index (χ1n) is 4.53. The van der Waals surface area contributed by atoms with E-state index in [4.69, 9.17) is 4.74 Å². The van der Waals surface area contributed by atoms with Crippen LogP contribution in [0, 0.1) is 0 Å². The topological polar surface area (TPSA) is 9.23 Å². The molecule has 1 aromatic carbocycles. The number of hydrogen-bond donors (Lipinski definition) is 0. The maximum atomic E-state index is 5.43. The number of hydrogen-bond acceptors (Lipinski definition) is 1. The van der Waals surface area contributed by atoms with Crippen LogP contribution >= 0.6 is 0 Å². The zero-order chi connectivity index (χ0) is 8.55. The van der Waals surface area contributed by atoms with Gasteiger partial charge in [-0.15, -0.1) is 0 Å². The zero-order valence-corrected chi connectivity index (χ0v) is 7.63. The number of ether oxygens (including phenoxy) is 1. The van der Waals surface area contributed by atoms with Gasteiger partial charge >= 0.3 is 0 Å². The van der Waals surface area contributed by atoms with E-state index in [1.54, 1.807) is 0 Å². The second-order valence-corrected chi connectivity index (χ2v) is 3.62. The normalized spacial score (nSPS) is 14.6. The molecule has 0 saturated heterocycles. The van der Waals surface area contributed by atoms with Crippen LogP contribution in [0.3, 0.4) is 0 Å². The second kappa shape index (κ2) is 2.81. The average Bonchev–Trinajstić information content (AvgIpc) is 2.49. The molecule has 64 valence electrons. The maximum absolute atomic E-state index is 5.43. The average molecular weight is 162 g/mol. The van der Waals surface area contributed by atoms with Crippen molar-refractivity contribution in [3.63, 3.8) is 0 Å². The third kappa shape index (κ3) is 1.20. The lowest BCUT2D eigenvalue weighted by Crippen LogP contribution is -1.87. The molecule has 0 saturated carbocycles. The van der Waals surface area contributed by atoms with Crippen LogP contribution in [-0.4, -0.2) is 6.61 Å². The first-order valence-corrected chi connectivity index (χ1v) is 4.53.